The summed E-state index contributed by atoms with van der Waals surface area (Å²) in [5.74, 6) is 0.813. The second kappa shape index (κ2) is 6.96. The van der Waals surface area contributed by atoms with Crippen molar-refractivity contribution in [1.82, 2.24) is 15.0 Å². The first-order valence-corrected chi connectivity index (χ1v) is 6.66. The summed E-state index contributed by atoms with van der Waals surface area (Å²) in [6.07, 6.45) is 4.24. The summed E-state index contributed by atoms with van der Waals surface area (Å²) in [4.78, 5) is 12.8. The Balaban J connectivity index is 1.99. The van der Waals surface area contributed by atoms with E-state index >= 15 is 0 Å². The van der Waals surface area contributed by atoms with E-state index < -0.39 is 0 Å². The lowest BCUT2D eigenvalue weighted by molar-refractivity contribution is 0.181. The van der Waals surface area contributed by atoms with Crippen LogP contribution in [0.3, 0.4) is 0 Å². The van der Waals surface area contributed by atoms with Gasteiger partial charge in [0.05, 0.1) is 12.3 Å². The van der Waals surface area contributed by atoms with E-state index in [-0.39, 0.29) is 6.04 Å². The molecule has 2 aromatic rings. The Morgan fingerprint density at radius 1 is 1.30 bits per heavy atom. The lowest BCUT2D eigenvalue weighted by Gasteiger charge is -2.15. The van der Waals surface area contributed by atoms with Crippen LogP contribution >= 0.6 is 0 Å². The summed E-state index contributed by atoms with van der Waals surface area (Å²) in [7, 11) is 1.65. The van der Waals surface area contributed by atoms with Gasteiger partial charge in [0.1, 0.15) is 12.1 Å². The van der Waals surface area contributed by atoms with E-state index in [4.69, 9.17) is 4.74 Å². The Labute approximate surface area is 119 Å². The van der Waals surface area contributed by atoms with Gasteiger partial charge in [0, 0.05) is 37.5 Å². The van der Waals surface area contributed by atoms with Crippen molar-refractivity contribution in [1.29, 1.82) is 0 Å². The van der Waals surface area contributed by atoms with Crippen molar-refractivity contribution in [2.75, 3.05) is 12.4 Å². The fourth-order valence-corrected chi connectivity index (χ4v) is 2.03. The number of nitrogens with zero attached hydrogens (tertiary/aromatic N) is 3. The van der Waals surface area contributed by atoms with Gasteiger partial charge in [-0.05, 0) is 25.5 Å². The number of hydrogen-bond acceptors (Lipinski definition) is 5. The van der Waals surface area contributed by atoms with Crippen LogP contribution in [0, 0.1) is 6.92 Å². The van der Waals surface area contributed by atoms with Gasteiger partial charge < -0.3 is 10.1 Å². The van der Waals surface area contributed by atoms with Crippen LogP contribution in [0.15, 0.2) is 30.7 Å². The summed E-state index contributed by atoms with van der Waals surface area (Å²) < 4.78 is 5.07. The van der Waals surface area contributed by atoms with E-state index in [1.54, 1.807) is 13.4 Å². The van der Waals surface area contributed by atoms with Gasteiger partial charge >= 0.3 is 0 Å². The average Bonchev–Trinajstić information content (AvgIpc) is 2.42. The van der Waals surface area contributed by atoms with Gasteiger partial charge in [0.25, 0.3) is 0 Å². The number of pyridine rings is 1. The molecule has 0 spiro atoms. The molecule has 0 aliphatic carbocycles. The molecule has 20 heavy (non-hydrogen) atoms. The molecule has 0 bridgehead atoms. The van der Waals surface area contributed by atoms with E-state index in [0.717, 1.165) is 23.6 Å². The quantitative estimate of drug-likeness (QED) is 0.874. The van der Waals surface area contributed by atoms with Crippen LogP contribution in [-0.4, -0.2) is 28.1 Å². The van der Waals surface area contributed by atoms with Gasteiger partial charge in [0.15, 0.2) is 0 Å². The van der Waals surface area contributed by atoms with Gasteiger partial charge in [-0.2, -0.15) is 0 Å². The second-order valence-electron chi connectivity index (χ2n) is 4.84. The number of rotatable bonds is 6. The highest BCUT2D eigenvalue weighted by molar-refractivity contribution is 5.36. The number of aryl methyl sites for hydroxylation is 1. The van der Waals surface area contributed by atoms with Crippen molar-refractivity contribution < 1.29 is 4.74 Å². The normalized spacial score (nSPS) is 12.2. The molecule has 2 heterocycles. The molecule has 0 amide bonds. The first kappa shape index (κ1) is 14.4. The lowest BCUT2D eigenvalue weighted by Crippen LogP contribution is -2.20. The molecule has 1 atom stereocenters. The van der Waals surface area contributed by atoms with Crippen LogP contribution < -0.4 is 5.32 Å². The number of aromatic nitrogens is 3. The van der Waals surface area contributed by atoms with Crippen molar-refractivity contribution in [2.45, 2.75) is 32.9 Å². The molecule has 0 aliphatic rings. The minimum absolute atomic E-state index is 0.244. The molecule has 0 aliphatic heterocycles. The molecule has 0 unspecified atom stereocenters. The Hall–Kier alpha value is -2.01. The lowest BCUT2D eigenvalue weighted by atomic mass is 10.1. The Morgan fingerprint density at radius 3 is 2.90 bits per heavy atom. The Bertz CT molecular complexity index is 559. The first-order chi connectivity index (χ1) is 9.69. The minimum Gasteiger partial charge on any atom is -0.378 e. The Kier molecular flexibility index (Phi) is 5.01. The zero-order chi connectivity index (χ0) is 14.4. The highest BCUT2D eigenvalue weighted by Gasteiger charge is 2.08. The minimum atomic E-state index is 0.244. The highest BCUT2D eigenvalue weighted by atomic mass is 16.5. The van der Waals surface area contributed by atoms with Crippen molar-refractivity contribution in [3.8, 4) is 0 Å². The molecular formula is C15H20N4O. The maximum atomic E-state index is 5.07. The van der Waals surface area contributed by atoms with Gasteiger partial charge in [-0.15, -0.1) is 0 Å². The Morgan fingerprint density at radius 2 is 2.15 bits per heavy atom. The maximum absolute atomic E-state index is 5.07. The van der Waals surface area contributed by atoms with Gasteiger partial charge in [-0.1, -0.05) is 6.07 Å². The van der Waals surface area contributed by atoms with Crippen molar-refractivity contribution in [3.05, 3.63) is 47.7 Å². The zero-order valence-corrected chi connectivity index (χ0v) is 12.1. The fraction of sp³-hybridized carbons (Fsp3) is 0.400. The molecule has 0 saturated carbocycles. The third-order valence-electron chi connectivity index (χ3n) is 3.03. The summed E-state index contributed by atoms with van der Waals surface area (Å²) in [5.41, 5.74) is 3.19. The molecule has 106 valence electrons. The van der Waals surface area contributed by atoms with E-state index in [1.807, 2.05) is 18.3 Å². The molecule has 1 N–H and O–H groups in total. The van der Waals surface area contributed by atoms with Gasteiger partial charge in [-0.25, -0.2) is 9.97 Å². The summed E-state index contributed by atoms with van der Waals surface area (Å²) in [5, 5.41) is 3.37. The number of anilines is 1. The molecular weight excluding hydrogens is 252 g/mol. The van der Waals surface area contributed by atoms with Crippen LogP contribution in [0.5, 0.6) is 0 Å². The third kappa shape index (κ3) is 3.99. The molecule has 0 saturated heterocycles. The first-order valence-electron chi connectivity index (χ1n) is 6.66. The van der Waals surface area contributed by atoms with Crippen LogP contribution in [0.1, 0.15) is 23.9 Å². The topological polar surface area (TPSA) is 59.9 Å². The summed E-state index contributed by atoms with van der Waals surface area (Å²) in [6.45, 7) is 4.69. The fourth-order valence-electron chi connectivity index (χ4n) is 2.03. The number of ether oxygens (including phenoxy) is 1. The van der Waals surface area contributed by atoms with Crippen LogP contribution in [0.2, 0.25) is 0 Å². The van der Waals surface area contributed by atoms with Crippen LogP contribution in [0.4, 0.5) is 5.82 Å². The zero-order valence-electron chi connectivity index (χ0n) is 12.1. The van der Waals surface area contributed by atoms with Crippen LogP contribution in [-0.2, 0) is 17.8 Å². The largest absolute Gasteiger partial charge is 0.378 e. The second-order valence-corrected chi connectivity index (χ2v) is 4.84. The monoisotopic (exact) mass is 272 g/mol. The molecule has 5 nitrogen and oxygen atoms in total. The van der Waals surface area contributed by atoms with Gasteiger partial charge in [-0.3, -0.25) is 4.98 Å². The molecule has 2 aromatic heterocycles. The molecule has 2 rings (SSSR count). The highest BCUT2D eigenvalue weighted by Crippen LogP contribution is 2.11. The van der Waals surface area contributed by atoms with E-state index in [2.05, 4.69) is 40.2 Å². The van der Waals surface area contributed by atoms with E-state index in [9.17, 15) is 0 Å². The average molecular weight is 272 g/mol. The maximum Gasteiger partial charge on any atom is 0.129 e. The van der Waals surface area contributed by atoms with Crippen molar-refractivity contribution >= 4 is 5.82 Å². The van der Waals surface area contributed by atoms with Crippen molar-refractivity contribution in [2.24, 2.45) is 0 Å². The summed E-state index contributed by atoms with van der Waals surface area (Å²) >= 11 is 0. The smallest absolute Gasteiger partial charge is 0.129 e. The molecule has 0 aromatic carbocycles. The molecule has 0 radical (unpaired) electrons. The standard InChI is InChI=1S/C15H20N4O/c1-11-5-4-6-16-14(11)7-12(2)19-15-8-13(9-20-3)17-10-18-15/h4-6,8,10,12H,7,9H2,1-3H3,(H,17,18,19)/t12-/m1/s1. The third-order valence-corrected chi connectivity index (χ3v) is 3.03. The predicted octanol–water partition coefficient (Wildman–Crippen LogP) is 2.37. The number of methoxy groups -OCH3 is 1. The van der Waals surface area contributed by atoms with E-state index in [0.29, 0.717) is 6.61 Å². The number of hydrogen-bond donors (Lipinski definition) is 1. The SMILES string of the molecule is COCc1cc(N[C@H](C)Cc2ncccc2C)ncn1. The number of nitrogens with one attached hydrogen (secondary N) is 1. The van der Waals surface area contributed by atoms with Crippen molar-refractivity contribution in [3.63, 3.8) is 0 Å². The molecule has 5 heteroatoms. The predicted molar refractivity (Wildman–Crippen MR) is 78.5 cm³/mol. The summed E-state index contributed by atoms with van der Waals surface area (Å²) in [6, 6.07) is 6.19. The van der Waals surface area contributed by atoms with Crippen LogP contribution in [0.25, 0.3) is 0 Å². The van der Waals surface area contributed by atoms with Gasteiger partial charge in [0.2, 0.25) is 0 Å². The van der Waals surface area contributed by atoms with E-state index in [1.165, 1.54) is 5.56 Å². The molecule has 0 fully saturated rings.